The summed E-state index contributed by atoms with van der Waals surface area (Å²) in [6.45, 7) is 2.96. The van der Waals surface area contributed by atoms with E-state index in [4.69, 9.17) is 9.47 Å². The monoisotopic (exact) mass is 233 g/mol. The lowest BCUT2D eigenvalue weighted by molar-refractivity contribution is 0.0459. The molecule has 1 saturated heterocycles. The zero-order valence-corrected chi connectivity index (χ0v) is 10.5. The molecule has 3 rings (SSSR count). The van der Waals surface area contributed by atoms with Crippen LogP contribution in [0.5, 0.6) is 5.75 Å². The predicted octanol–water partition coefficient (Wildman–Crippen LogP) is 2.15. The summed E-state index contributed by atoms with van der Waals surface area (Å²) in [5, 5.41) is 0. The van der Waals surface area contributed by atoms with Gasteiger partial charge >= 0.3 is 0 Å². The number of hydrogen-bond donors (Lipinski definition) is 0. The zero-order chi connectivity index (χ0) is 11.9. The maximum absolute atomic E-state index is 5.48. The van der Waals surface area contributed by atoms with Gasteiger partial charge in [0.2, 0.25) is 0 Å². The Morgan fingerprint density at radius 1 is 1.35 bits per heavy atom. The first-order valence-electron chi connectivity index (χ1n) is 6.22. The molecule has 2 heterocycles. The molecule has 2 aliphatic rings. The van der Waals surface area contributed by atoms with Crippen LogP contribution in [0.1, 0.15) is 24.0 Å². The third-order valence-electron chi connectivity index (χ3n) is 4.21. The Bertz CT molecular complexity index is 432. The standard InChI is InChI=1S/C14H19NO2/c1-16-10-14-7-4-8-15(14)9-11-12(14)5-3-6-13(11)17-2/h3,5-6H,4,7-10H2,1-2H3. The van der Waals surface area contributed by atoms with Crippen molar-refractivity contribution < 1.29 is 9.47 Å². The van der Waals surface area contributed by atoms with Gasteiger partial charge in [0.1, 0.15) is 5.75 Å². The second-order valence-electron chi connectivity index (χ2n) is 4.98. The molecule has 0 amide bonds. The molecular formula is C14H19NO2. The molecule has 0 aromatic heterocycles. The van der Waals surface area contributed by atoms with Gasteiger partial charge in [0.25, 0.3) is 0 Å². The molecular weight excluding hydrogens is 214 g/mol. The summed E-state index contributed by atoms with van der Waals surface area (Å²) in [5.41, 5.74) is 2.88. The van der Waals surface area contributed by atoms with E-state index in [2.05, 4.69) is 23.1 Å². The van der Waals surface area contributed by atoms with Crippen LogP contribution in [0.3, 0.4) is 0 Å². The molecule has 0 radical (unpaired) electrons. The molecule has 0 aliphatic carbocycles. The average Bonchev–Trinajstić information content (AvgIpc) is 2.85. The predicted molar refractivity (Wildman–Crippen MR) is 66.2 cm³/mol. The molecule has 1 aromatic rings. The highest BCUT2D eigenvalue weighted by Gasteiger charge is 2.48. The molecule has 0 spiro atoms. The largest absolute Gasteiger partial charge is 0.496 e. The Morgan fingerprint density at radius 2 is 2.24 bits per heavy atom. The fourth-order valence-corrected chi connectivity index (χ4v) is 3.50. The second-order valence-corrected chi connectivity index (χ2v) is 4.98. The highest BCUT2D eigenvalue weighted by molar-refractivity contribution is 5.48. The first kappa shape index (κ1) is 11.1. The summed E-state index contributed by atoms with van der Waals surface area (Å²) in [4.78, 5) is 2.55. The number of benzene rings is 1. The van der Waals surface area contributed by atoms with E-state index >= 15 is 0 Å². The average molecular weight is 233 g/mol. The van der Waals surface area contributed by atoms with Gasteiger partial charge in [-0.3, -0.25) is 4.90 Å². The number of fused-ring (bicyclic) bond motifs is 3. The van der Waals surface area contributed by atoms with Crippen LogP contribution in [0.4, 0.5) is 0 Å². The maximum atomic E-state index is 5.48. The minimum absolute atomic E-state index is 0.110. The first-order valence-corrected chi connectivity index (χ1v) is 6.22. The van der Waals surface area contributed by atoms with Crippen molar-refractivity contribution in [1.29, 1.82) is 0 Å². The molecule has 3 heteroatoms. The molecule has 1 atom stereocenters. The van der Waals surface area contributed by atoms with E-state index in [9.17, 15) is 0 Å². The Balaban J connectivity index is 2.10. The van der Waals surface area contributed by atoms with Crippen molar-refractivity contribution in [3.05, 3.63) is 29.3 Å². The summed E-state index contributed by atoms with van der Waals surface area (Å²) in [6, 6.07) is 6.39. The van der Waals surface area contributed by atoms with Crippen LogP contribution in [0.25, 0.3) is 0 Å². The quantitative estimate of drug-likeness (QED) is 0.798. The molecule has 1 fully saturated rings. The smallest absolute Gasteiger partial charge is 0.123 e. The van der Waals surface area contributed by atoms with Gasteiger partial charge in [-0.1, -0.05) is 12.1 Å². The van der Waals surface area contributed by atoms with E-state index in [0.29, 0.717) is 0 Å². The summed E-state index contributed by atoms with van der Waals surface area (Å²) in [6.07, 6.45) is 2.46. The number of ether oxygens (including phenoxy) is 2. The minimum atomic E-state index is 0.110. The Kier molecular flexibility index (Phi) is 2.60. The van der Waals surface area contributed by atoms with Crippen LogP contribution in [0, 0.1) is 0 Å². The number of hydrogen-bond acceptors (Lipinski definition) is 3. The highest BCUT2D eigenvalue weighted by atomic mass is 16.5. The lowest BCUT2D eigenvalue weighted by atomic mass is 9.88. The molecule has 0 bridgehead atoms. The van der Waals surface area contributed by atoms with Crippen LogP contribution in [-0.2, 0) is 16.8 Å². The molecule has 1 unspecified atom stereocenters. The van der Waals surface area contributed by atoms with E-state index in [1.807, 2.05) is 0 Å². The molecule has 3 nitrogen and oxygen atoms in total. The van der Waals surface area contributed by atoms with Crippen molar-refractivity contribution in [3.8, 4) is 5.75 Å². The first-order chi connectivity index (χ1) is 8.31. The van der Waals surface area contributed by atoms with Crippen molar-refractivity contribution in [2.75, 3.05) is 27.4 Å². The van der Waals surface area contributed by atoms with Crippen LogP contribution in [-0.4, -0.2) is 32.3 Å². The van der Waals surface area contributed by atoms with E-state index < -0.39 is 0 Å². The van der Waals surface area contributed by atoms with E-state index in [1.165, 1.54) is 30.5 Å². The molecule has 2 aliphatic heterocycles. The zero-order valence-electron chi connectivity index (χ0n) is 10.5. The van der Waals surface area contributed by atoms with Gasteiger partial charge < -0.3 is 9.47 Å². The van der Waals surface area contributed by atoms with Gasteiger partial charge in [0.05, 0.1) is 19.3 Å². The maximum Gasteiger partial charge on any atom is 0.123 e. The van der Waals surface area contributed by atoms with Crippen molar-refractivity contribution in [2.45, 2.75) is 24.9 Å². The molecule has 1 aromatic carbocycles. The molecule has 17 heavy (non-hydrogen) atoms. The van der Waals surface area contributed by atoms with Gasteiger partial charge in [-0.25, -0.2) is 0 Å². The number of methoxy groups -OCH3 is 2. The number of rotatable bonds is 3. The Hall–Kier alpha value is -1.06. The summed E-state index contributed by atoms with van der Waals surface area (Å²) < 4.78 is 11.0. The normalized spacial score (nSPS) is 26.9. The molecule has 0 saturated carbocycles. The van der Waals surface area contributed by atoms with Gasteiger partial charge in [0.15, 0.2) is 0 Å². The third-order valence-corrected chi connectivity index (χ3v) is 4.21. The SMILES string of the molecule is COCC12CCCN1Cc1c(OC)cccc12. The van der Waals surface area contributed by atoms with Crippen LogP contribution < -0.4 is 4.74 Å². The van der Waals surface area contributed by atoms with Gasteiger partial charge in [0, 0.05) is 19.2 Å². The van der Waals surface area contributed by atoms with Crippen molar-refractivity contribution in [3.63, 3.8) is 0 Å². The summed E-state index contributed by atoms with van der Waals surface area (Å²) >= 11 is 0. The van der Waals surface area contributed by atoms with E-state index in [-0.39, 0.29) is 5.54 Å². The second kappa shape index (κ2) is 4.00. The topological polar surface area (TPSA) is 21.7 Å². The Labute approximate surface area is 102 Å². The van der Waals surface area contributed by atoms with Gasteiger partial charge in [-0.15, -0.1) is 0 Å². The lowest BCUT2D eigenvalue weighted by Gasteiger charge is -2.32. The van der Waals surface area contributed by atoms with E-state index in [0.717, 1.165) is 18.9 Å². The van der Waals surface area contributed by atoms with Gasteiger partial charge in [-0.05, 0) is 31.0 Å². The fraction of sp³-hybridized carbons (Fsp3) is 0.571. The third kappa shape index (κ3) is 1.42. The summed E-state index contributed by atoms with van der Waals surface area (Å²) in [5.74, 6) is 1.02. The van der Waals surface area contributed by atoms with Crippen molar-refractivity contribution >= 4 is 0 Å². The van der Waals surface area contributed by atoms with E-state index in [1.54, 1.807) is 14.2 Å². The lowest BCUT2D eigenvalue weighted by Crippen LogP contribution is -2.39. The van der Waals surface area contributed by atoms with Crippen molar-refractivity contribution in [1.82, 2.24) is 4.90 Å². The van der Waals surface area contributed by atoms with Crippen molar-refractivity contribution in [2.24, 2.45) is 0 Å². The molecule has 92 valence electrons. The fourth-order valence-electron chi connectivity index (χ4n) is 3.50. The number of nitrogens with zero attached hydrogens (tertiary/aromatic N) is 1. The highest BCUT2D eigenvalue weighted by Crippen LogP contribution is 2.49. The summed E-state index contributed by atoms with van der Waals surface area (Å²) in [7, 11) is 3.55. The Morgan fingerprint density at radius 3 is 3.00 bits per heavy atom. The molecule has 0 N–H and O–H groups in total. The van der Waals surface area contributed by atoms with Gasteiger partial charge in [-0.2, -0.15) is 0 Å². The van der Waals surface area contributed by atoms with Crippen LogP contribution >= 0.6 is 0 Å². The minimum Gasteiger partial charge on any atom is -0.496 e. The van der Waals surface area contributed by atoms with Crippen LogP contribution in [0.2, 0.25) is 0 Å². The van der Waals surface area contributed by atoms with Crippen LogP contribution in [0.15, 0.2) is 18.2 Å².